The number of methoxy groups -OCH3 is 1. The van der Waals surface area contributed by atoms with Crippen LogP contribution in [-0.2, 0) is 11.3 Å². The van der Waals surface area contributed by atoms with Crippen LogP contribution in [-0.4, -0.2) is 23.2 Å². The number of nitrogens with zero attached hydrogens (tertiary/aromatic N) is 1. The van der Waals surface area contributed by atoms with Crippen molar-refractivity contribution >= 4 is 17.0 Å². The summed E-state index contributed by atoms with van der Waals surface area (Å²) in [6.45, 7) is 0.316. The van der Waals surface area contributed by atoms with Gasteiger partial charge >= 0.3 is 6.09 Å². The third-order valence-corrected chi connectivity index (χ3v) is 2.42. The second kappa shape index (κ2) is 4.24. The molecule has 2 aromatic rings. The van der Waals surface area contributed by atoms with Crippen LogP contribution in [0.15, 0.2) is 30.5 Å². The van der Waals surface area contributed by atoms with Crippen LogP contribution in [0.2, 0.25) is 0 Å². The highest BCUT2D eigenvalue weighted by Gasteiger charge is 2.11. The molecule has 0 spiro atoms. The van der Waals surface area contributed by atoms with Gasteiger partial charge in [-0.25, -0.2) is 15.6 Å². The van der Waals surface area contributed by atoms with Crippen molar-refractivity contribution in [2.45, 2.75) is 6.54 Å². The molecule has 5 heteroatoms. The lowest BCUT2D eigenvalue weighted by Gasteiger charge is -2.13. The number of aromatic amines is 1. The van der Waals surface area contributed by atoms with E-state index in [-0.39, 0.29) is 0 Å². The van der Waals surface area contributed by atoms with Crippen LogP contribution in [0.25, 0.3) is 10.9 Å². The largest absolute Gasteiger partial charge is 0.452 e. The first-order chi connectivity index (χ1) is 7.72. The van der Waals surface area contributed by atoms with Crippen molar-refractivity contribution in [3.63, 3.8) is 0 Å². The number of amides is 1. The minimum Gasteiger partial charge on any atom is -0.452 e. The van der Waals surface area contributed by atoms with Crippen molar-refractivity contribution in [2.75, 3.05) is 7.11 Å². The number of benzene rings is 1. The van der Waals surface area contributed by atoms with Crippen LogP contribution >= 0.6 is 0 Å². The summed E-state index contributed by atoms with van der Waals surface area (Å²) in [4.78, 5) is 14.3. The molecule has 0 saturated carbocycles. The van der Waals surface area contributed by atoms with E-state index in [0.717, 1.165) is 21.5 Å². The van der Waals surface area contributed by atoms with Crippen molar-refractivity contribution < 1.29 is 9.53 Å². The van der Waals surface area contributed by atoms with Crippen LogP contribution in [0.3, 0.4) is 0 Å². The Morgan fingerprint density at radius 1 is 1.50 bits per heavy atom. The van der Waals surface area contributed by atoms with Gasteiger partial charge in [-0.2, -0.15) is 0 Å². The third kappa shape index (κ3) is 1.85. The molecule has 0 unspecified atom stereocenters. The molecular weight excluding hydrogens is 206 g/mol. The molecule has 1 aromatic heterocycles. The number of hydrazine groups is 1. The molecule has 5 nitrogen and oxygen atoms in total. The quantitative estimate of drug-likeness (QED) is 0.458. The molecule has 0 aliphatic heterocycles. The lowest BCUT2D eigenvalue weighted by Crippen LogP contribution is -2.36. The molecule has 1 heterocycles. The number of H-pyrrole nitrogens is 1. The molecule has 0 fully saturated rings. The van der Waals surface area contributed by atoms with Gasteiger partial charge in [0.05, 0.1) is 13.7 Å². The van der Waals surface area contributed by atoms with Gasteiger partial charge in [0.25, 0.3) is 0 Å². The van der Waals surface area contributed by atoms with Gasteiger partial charge in [0.15, 0.2) is 0 Å². The van der Waals surface area contributed by atoms with Crippen molar-refractivity contribution in [3.8, 4) is 0 Å². The lowest BCUT2D eigenvalue weighted by molar-refractivity contribution is 0.121. The highest BCUT2D eigenvalue weighted by atomic mass is 16.5. The van der Waals surface area contributed by atoms with Crippen molar-refractivity contribution in [1.82, 2.24) is 9.99 Å². The van der Waals surface area contributed by atoms with Gasteiger partial charge in [-0.15, -0.1) is 0 Å². The number of rotatable bonds is 2. The Bertz CT molecular complexity index is 507. The van der Waals surface area contributed by atoms with Crippen molar-refractivity contribution in [1.29, 1.82) is 0 Å². The topological polar surface area (TPSA) is 71.3 Å². The first-order valence-electron chi connectivity index (χ1n) is 4.87. The van der Waals surface area contributed by atoms with Gasteiger partial charge in [-0.05, 0) is 11.6 Å². The first kappa shape index (κ1) is 10.5. The number of fused-ring (bicyclic) bond motifs is 1. The van der Waals surface area contributed by atoms with E-state index in [1.807, 2.05) is 30.5 Å². The normalized spacial score (nSPS) is 10.4. The van der Waals surface area contributed by atoms with Gasteiger partial charge in [0.1, 0.15) is 0 Å². The predicted molar refractivity (Wildman–Crippen MR) is 60.4 cm³/mol. The third-order valence-electron chi connectivity index (χ3n) is 2.42. The molecule has 3 N–H and O–H groups in total. The summed E-state index contributed by atoms with van der Waals surface area (Å²) in [6, 6.07) is 7.84. The molecule has 16 heavy (non-hydrogen) atoms. The Morgan fingerprint density at radius 3 is 3.00 bits per heavy atom. The smallest absolute Gasteiger partial charge is 0.424 e. The highest BCUT2D eigenvalue weighted by molar-refractivity contribution is 5.83. The summed E-state index contributed by atoms with van der Waals surface area (Å²) in [5.74, 6) is 5.55. The van der Waals surface area contributed by atoms with Gasteiger partial charge in [0.2, 0.25) is 0 Å². The Hall–Kier alpha value is -2.01. The summed E-state index contributed by atoms with van der Waals surface area (Å²) in [6.07, 6.45) is 1.29. The van der Waals surface area contributed by atoms with Gasteiger partial charge in [-0.3, -0.25) is 0 Å². The second-order valence-electron chi connectivity index (χ2n) is 3.46. The van der Waals surface area contributed by atoms with Gasteiger partial charge in [0, 0.05) is 17.1 Å². The fourth-order valence-corrected chi connectivity index (χ4v) is 1.63. The molecule has 0 aliphatic carbocycles. The Labute approximate surface area is 92.8 Å². The molecule has 0 aliphatic rings. The fraction of sp³-hybridized carbons (Fsp3) is 0.182. The Balaban J connectivity index is 2.24. The van der Waals surface area contributed by atoms with E-state index in [4.69, 9.17) is 5.84 Å². The highest BCUT2D eigenvalue weighted by Crippen LogP contribution is 2.18. The van der Waals surface area contributed by atoms with Crippen LogP contribution in [0, 0.1) is 0 Å². The molecule has 0 atom stereocenters. The molecule has 0 saturated heterocycles. The van der Waals surface area contributed by atoms with E-state index in [9.17, 15) is 4.79 Å². The number of nitrogens with one attached hydrogen (secondary N) is 1. The number of hydrogen-bond donors (Lipinski definition) is 2. The number of carbonyl (C=O) groups is 1. The fourth-order valence-electron chi connectivity index (χ4n) is 1.63. The summed E-state index contributed by atoms with van der Waals surface area (Å²) in [5, 5.41) is 2.09. The minimum atomic E-state index is -0.551. The number of aromatic nitrogens is 1. The van der Waals surface area contributed by atoms with E-state index in [2.05, 4.69) is 9.72 Å². The summed E-state index contributed by atoms with van der Waals surface area (Å²) in [5.41, 5.74) is 1.99. The van der Waals surface area contributed by atoms with E-state index in [1.54, 1.807) is 0 Å². The molecule has 84 valence electrons. The van der Waals surface area contributed by atoms with Crippen LogP contribution in [0.5, 0.6) is 0 Å². The molecule has 1 aromatic carbocycles. The maximum Gasteiger partial charge on any atom is 0.424 e. The zero-order valence-electron chi connectivity index (χ0n) is 8.93. The van der Waals surface area contributed by atoms with Crippen LogP contribution < -0.4 is 5.84 Å². The van der Waals surface area contributed by atoms with Gasteiger partial charge < -0.3 is 9.72 Å². The average Bonchev–Trinajstić information content (AvgIpc) is 2.72. The molecule has 1 amide bonds. The minimum absolute atomic E-state index is 0.316. The number of nitrogens with two attached hydrogens (primary N) is 1. The lowest BCUT2D eigenvalue weighted by atomic mass is 10.2. The van der Waals surface area contributed by atoms with Crippen molar-refractivity contribution in [3.05, 3.63) is 36.0 Å². The SMILES string of the molecule is COC(=O)N(N)Cc1c[nH]c2ccccc12. The number of ether oxygens (including phenoxy) is 1. The Morgan fingerprint density at radius 2 is 2.25 bits per heavy atom. The van der Waals surface area contributed by atoms with Crippen LogP contribution in [0.1, 0.15) is 5.56 Å². The first-order valence-corrected chi connectivity index (χ1v) is 4.87. The van der Waals surface area contributed by atoms with E-state index < -0.39 is 6.09 Å². The number of hydrogen-bond acceptors (Lipinski definition) is 3. The molecule has 0 bridgehead atoms. The van der Waals surface area contributed by atoms with Gasteiger partial charge in [-0.1, -0.05) is 18.2 Å². The Kier molecular flexibility index (Phi) is 2.78. The number of carbonyl (C=O) groups excluding carboxylic acids is 1. The predicted octanol–water partition coefficient (Wildman–Crippen LogP) is 1.61. The maximum atomic E-state index is 11.1. The van der Waals surface area contributed by atoms with E-state index in [0.29, 0.717) is 6.54 Å². The average molecular weight is 219 g/mol. The monoisotopic (exact) mass is 219 g/mol. The van der Waals surface area contributed by atoms with Crippen molar-refractivity contribution in [2.24, 2.45) is 5.84 Å². The zero-order chi connectivity index (χ0) is 11.5. The van der Waals surface area contributed by atoms with E-state index >= 15 is 0 Å². The standard InChI is InChI=1S/C11H13N3O2/c1-16-11(15)14(12)7-8-6-13-10-5-3-2-4-9(8)10/h2-6,13H,7,12H2,1H3. The van der Waals surface area contributed by atoms with Crippen LogP contribution in [0.4, 0.5) is 4.79 Å². The molecule has 2 rings (SSSR count). The summed E-state index contributed by atoms with van der Waals surface area (Å²) in [7, 11) is 1.30. The molecular formula is C11H13N3O2. The van der Waals surface area contributed by atoms with E-state index in [1.165, 1.54) is 7.11 Å². The molecule has 0 radical (unpaired) electrons. The second-order valence-corrected chi connectivity index (χ2v) is 3.46. The zero-order valence-corrected chi connectivity index (χ0v) is 8.93. The summed E-state index contributed by atoms with van der Waals surface area (Å²) < 4.78 is 4.52. The number of para-hydroxylation sites is 1. The summed E-state index contributed by atoms with van der Waals surface area (Å²) >= 11 is 0. The maximum absolute atomic E-state index is 11.1.